The normalized spacial score (nSPS) is 10.9. The zero-order valence-corrected chi connectivity index (χ0v) is 6.68. The second-order valence-electron chi connectivity index (χ2n) is 3.11. The molecule has 0 aromatic heterocycles. The van der Waals surface area contributed by atoms with E-state index in [9.17, 15) is 0 Å². The first kappa shape index (κ1) is 8.49. The summed E-state index contributed by atoms with van der Waals surface area (Å²) >= 11 is 0. The first-order valence-electron chi connectivity index (χ1n) is 3.46. The summed E-state index contributed by atoms with van der Waals surface area (Å²) < 4.78 is 0. The molecule has 0 unspecified atom stereocenters. The molecule has 0 aliphatic carbocycles. The predicted molar refractivity (Wildman–Crippen MR) is 40.1 cm³/mol. The molecule has 0 rings (SSSR count). The molecular weight excluding hydrogens is 110 g/mol. The predicted octanol–water partition coefficient (Wildman–Crippen LogP) is 2.59. The van der Waals surface area contributed by atoms with Gasteiger partial charge >= 0.3 is 0 Å². The quantitative estimate of drug-likeness (QED) is 0.500. The van der Waals surface area contributed by atoms with E-state index in [1.165, 1.54) is 0 Å². The van der Waals surface area contributed by atoms with Crippen molar-refractivity contribution in [3.8, 4) is 0 Å². The van der Waals surface area contributed by atoms with Gasteiger partial charge in [0.2, 0.25) is 6.04 Å². The molecule has 0 amide bonds. The van der Waals surface area contributed by atoms with E-state index >= 15 is 0 Å². The number of nitrogens with zero attached hydrogens (tertiary/aromatic N) is 1. The summed E-state index contributed by atoms with van der Waals surface area (Å²) in [4.78, 5) is 3.54. The summed E-state index contributed by atoms with van der Waals surface area (Å²) in [6, 6.07) is 0.213. The Kier molecular flexibility index (Phi) is 3.30. The van der Waals surface area contributed by atoms with Crippen LogP contribution in [0, 0.1) is 18.4 Å². The van der Waals surface area contributed by atoms with Crippen LogP contribution >= 0.6 is 0 Å². The van der Waals surface area contributed by atoms with Gasteiger partial charge in [-0.3, -0.25) is 0 Å². The highest BCUT2D eigenvalue weighted by atomic mass is 14.7. The van der Waals surface area contributed by atoms with Crippen LogP contribution in [0.1, 0.15) is 27.7 Å². The van der Waals surface area contributed by atoms with E-state index in [0.29, 0.717) is 11.8 Å². The van der Waals surface area contributed by atoms with Crippen LogP contribution in [-0.2, 0) is 0 Å². The molecule has 0 radical (unpaired) electrons. The molecule has 0 fully saturated rings. The van der Waals surface area contributed by atoms with Gasteiger partial charge in [0.05, 0.1) is 0 Å². The third-order valence-corrected chi connectivity index (χ3v) is 1.52. The van der Waals surface area contributed by atoms with Gasteiger partial charge in [-0.2, -0.15) is 0 Å². The molecule has 0 aliphatic heterocycles. The zero-order chi connectivity index (χ0) is 7.44. The molecule has 0 aromatic carbocycles. The Labute approximate surface area is 57.9 Å². The number of rotatable bonds is 2. The molecular formula is C8H15N. The van der Waals surface area contributed by atoms with Crippen LogP contribution in [0.4, 0.5) is 0 Å². The van der Waals surface area contributed by atoms with Crippen molar-refractivity contribution in [2.24, 2.45) is 11.8 Å². The van der Waals surface area contributed by atoms with Gasteiger partial charge in [0, 0.05) is 11.8 Å². The highest BCUT2D eigenvalue weighted by molar-refractivity contribution is 4.83. The van der Waals surface area contributed by atoms with Crippen molar-refractivity contribution < 1.29 is 0 Å². The summed E-state index contributed by atoms with van der Waals surface area (Å²) in [6.45, 7) is 15.2. The number of hydrogen-bond acceptors (Lipinski definition) is 0. The van der Waals surface area contributed by atoms with Crippen molar-refractivity contribution in [1.82, 2.24) is 0 Å². The number of hydrogen-bond donors (Lipinski definition) is 0. The van der Waals surface area contributed by atoms with Crippen molar-refractivity contribution in [3.63, 3.8) is 0 Å². The molecule has 0 aromatic rings. The Bertz CT molecular complexity index is 100. The highest BCUT2D eigenvalue weighted by Crippen LogP contribution is 2.15. The summed E-state index contributed by atoms with van der Waals surface area (Å²) in [5.41, 5.74) is 0. The standard InChI is InChI=1S/C8H15N/c1-6(2)8(9-5)7(3)4/h6-8H,1-4H3. The maximum absolute atomic E-state index is 6.85. The average Bonchev–Trinajstić information content (AvgIpc) is 1.64. The van der Waals surface area contributed by atoms with Crippen LogP contribution < -0.4 is 0 Å². The van der Waals surface area contributed by atoms with Crippen molar-refractivity contribution in [1.29, 1.82) is 0 Å². The zero-order valence-electron chi connectivity index (χ0n) is 6.68. The smallest absolute Gasteiger partial charge is 0.228 e. The molecule has 0 saturated heterocycles. The molecule has 9 heavy (non-hydrogen) atoms. The molecule has 1 heteroatoms. The minimum absolute atomic E-state index is 0.213. The van der Waals surface area contributed by atoms with Crippen LogP contribution in [-0.4, -0.2) is 6.04 Å². The van der Waals surface area contributed by atoms with Gasteiger partial charge in [0.1, 0.15) is 0 Å². The van der Waals surface area contributed by atoms with Crippen LogP contribution in [0.3, 0.4) is 0 Å². The lowest BCUT2D eigenvalue weighted by Crippen LogP contribution is -2.17. The van der Waals surface area contributed by atoms with Gasteiger partial charge in [-0.05, 0) is 0 Å². The summed E-state index contributed by atoms with van der Waals surface area (Å²) in [6.07, 6.45) is 0. The molecule has 52 valence electrons. The molecule has 0 bridgehead atoms. The fourth-order valence-corrected chi connectivity index (χ4v) is 1.07. The lowest BCUT2D eigenvalue weighted by Gasteiger charge is -2.11. The van der Waals surface area contributed by atoms with E-state index in [1.807, 2.05) is 0 Å². The van der Waals surface area contributed by atoms with Gasteiger partial charge in [-0.1, -0.05) is 27.7 Å². The Hall–Kier alpha value is -0.510. The molecule has 0 aliphatic rings. The van der Waals surface area contributed by atoms with Crippen LogP contribution in [0.5, 0.6) is 0 Å². The molecule has 0 atom stereocenters. The average molecular weight is 125 g/mol. The maximum Gasteiger partial charge on any atom is 0.228 e. The van der Waals surface area contributed by atoms with E-state index in [1.54, 1.807) is 0 Å². The lowest BCUT2D eigenvalue weighted by molar-refractivity contribution is 0.436. The van der Waals surface area contributed by atoms with Gasteiger partial charge in [0.15, 0.2) is 0 Å². The van der Waals surface area contributed by atoms with Gasteiger partial charge in [-0.15, -0.1) is 0 Å². The Morgan fingerprint density at radius 1 is 1.00 bits per heavy atom. The van der Waals surface area contributed by atoms with Gasteiger partial charge in [0.25, 0.3) is 0 Å². The molecule has 1 nitrogen and oxygen atoms in total. The summed E-state index contributed by atoms with van der Waals surface area (Å²) in [5, 5.41) is 0. The Morgan fingerprint density at radius 2 is 1.33 bits per heavy atom. The van der Waals surface area contributed by atoms with Crippen LogP contribution in [0.25, 0.3) is 4.85 Å². The minimum atomic E-state index is 0.213. The SMILES string of the molecule is [C-]#[N+]C(C(C)C)C(C)C. The first-order valence-corrected chi connectivity index (χ1v) is 3.46. The van der Waals surface area contributed by atoms with Crippen molar-refractivity contribution in [2.45, 2.75) is 33.7 Å². The summed E-state index contributed by atoms with van der Waals surface area (Å²) in [7, 11) is 0. The van der Waals surface area contributed by atoms with E-state index in [2.05, 4.69) is 32.5 Å². The fraction of sp³-hybridized carbons (Fsp3) is 0.875. The third-order valence-electron chi connectivity index (χ3n) is 1.52. The molecule has 0 saturated carbocycles. The minimum Gasteiger partial charge on any atom is -0.313 e. The second-order valence-corrected chi connectivity index (χ2v) is 3.11. The van der Waals surface area contributed by atoms with Crippen LogP contribution in [0.2, 0.25) is 0 Å². The third kappa shape index (κ3) is 2.51. The van der Waals surface area contributed by atoms with Crippen molar-refractivity contribution in [2.75, 3.05) is 0 Å². The molecule has 0 heterocycles. The lowest BCUT2D eigenvalue weighted by atomic mass is 9.94. The fourth-order valence-electron chi connectivity index (χ4n) is 1.07. The van der Waals surface area contributed by atoms with Gasteiger partial charge < -0.3 is 4.85 Å². The van der Waals surface area contributed by atoms with Crippen molar-refractivity contribution >= 4 is 0 Å². The maximum atomic E-state index is 6.85. The second kappa shape index (κ2) is 3.50. The topological polar surface area (TPSA) is 4.36 Å². The first-order chi connectivity index (χ1) is 4.09. The van der Waals surface area contributed by atoms with E-state index in [0.717, 1.165) is 0 Å². The van der Waals surface area contributed by atoms with E-state index in [-0.39, 0.29) is 6.04 Å². The highest BCUT2D eigenvalue weighted by Gasteiger charge is 2.21. The largest absolute Gasteiger partial charge is 0.313 e. The Morgan fingerprint density at radius 3 is 1.33 bits per heavy atom. The Balaban J connectivity index is 3.87. The molecule has 0 spiro atoms. The van der Waals surface area contributed by atoms with Gasteiger partial charge in [-0.25, -0.2) is 6.57 Å². The van der Waals surface area contributed by atoms with Crippen molar-refractivity contribution in [3.05, 3.63) is 11.4 Å². The monoisotopic (exact) mass is 125 g/mol. The summed E-state index contributed by atoms with van der Waals surface area (Å²) in [5.74, 6) is 1.00. The molecule has 0 N–H and O–H groups in total. The van der Waals surface area contributed by atoms with Crippen LogP contribution in [0.15, 0.2) is 0 Å². The van der Waals surface area contributed by atoms with E-state index in [4.69, 9.17) is 6.57 Å². The van der Waals surface area contributed by atoms with E-state index < -0.39 is 0 Å².